The van der Waals surface area contributed by atoms with E-state index in [0.29, 0.717) is 17.9 Å². The predicted molar refractivity (Wildman–Crippen MR) is 69.7 cm³/mol. The number of ether oxygens (including phenoxy) is 1. The summed E-state index contributed by atoms with van der Waals surface area (Å²) >= 11 is 0. The molecule has 98 valence electrons. The number of aromatic nitrogens is 2. The van der Waals surface area contributed by atoms with E-state index in [0.717, 1.165) is 26.3 Å². The predicted octanol–water partition coefficient (Wildman–Crippen LogP) is 1.14. The lowest BCUT2D eigenvalue weighted by atomic mass is 9.81. The fourth-order valence-corrected chi connectivity index (χ4v) is 2.35. The van der Waals surface area contributed by atoms with Crippen LogP contribution >= 0.6 is 0 Å². The van der Waals surface area contributed by atoms with Gasteiger partial charge in [0.2, 0.25) is 5.95 Å². The molecule has 2 aliphatic rings. The molecule has 2 heterocycles. The van der Waals surface area contributed by atoms with Crippen LogP contribution in [0, 0.1) is 0 Å². The molecule has 1 aromatic heterocycles. The van der Waals surface area contributed by atoms with Crippen molar-refractivity contribution in [2.75, 3.05) is 31.6 Å². The Labute approximate surface area is 107 Å². The van der Waals surface area contributed by atoms with Gasteiger partial charge >= 0.3 is 0 Å². The van der Waals surface area contributed by atoms with Gasteiger partial charge in [0.05, 0.1) is 13.2 Å². The van der Waals surface area contributed by atoms with Crippen LogP contribution in [0.2, 0.25) is 0 Å². The quantitative estimate of drug-likeness (QED) is 0.837. The van der Waals surface area contributed by atoms with Crippen LogP contribution in [0.5, 0.6) is 0 Å². The van der Waals surface area contributed by atoms with E-state index >= 15 is 0 Å². The molecule has 1 unspecified atom stereocenters. The van der Waals surface area contributed by atoms with Crippen LogP contribution in [0.4, 0.5) is 5.95 Å². The third-order valence-electron chi connectivity index (χ3n) is 3.75. The topological polar surface area (TPSA) is 59.1 Å². The number of rotatable bonds is 4. The minimum Gasteiger partial charge on any atom is -0.378 e. The molecule has 5 nitrogen and oxygen atoms in total. The molecular weight excluding hydrogens is 228 g/mol. The molecule has 0 radical (unpaired) electrons. The Morgan fingerprint density at radius 1 is 1.33 bits per heavy atom. The molecule has 5 heteroatoms. The molecule has 18 heavy (non-hydrogen) atoms. The average molecular weight is 248 g/mol. The number of hydrogen-bond donors (Lipinski definition) is 2. The van der Waals surface area contributed by atoms with Crippen LogP contribution in [-0.4, -0.2) is 42.3 Å². The fourth-order valence-electron chi connectivity index (χ4n) is 2.35. The second-order valence-electron chi connectivity index (χ2n) is 5.07. The van der Waals surface area contributed by atoms with Gasteiger partial charge in [-0.25, -0.2) is 9.97 Å². The first kappa shape index (κ1) is 11.9. The Kier molecular flexibility index (Phi) is 3.71. The summed E-state index contributed by atoms with van der Waals surface area (Å²) in [5.41, 5.74) is 1.28. The fraction of sp³-hybridized carbons (Fsp3) is 0.692. The summed E-state index contributed by atoms with van der Waals surface area (Å²) in [5, 5.41) is 6.65. The normalized spacial score (nSPS) is 24.6. The summed E-state index contributed by atoms with van der Waals surface area (Å²) in [6.45, 7) is 3.30. The standard InChI is InChI=1S/C13H20N4O/c1-2-10(3-1)11-6-15-13(16-7-11)17-8-12-9-18-5-4-14-12/h6-7,10,12,14H,1-5,8-9H2,(H,15,16,17). The van der Waals surface area contributed by atoms with E-state index in [1.807, 2.05) is 12.4 Å². The highest BCUT2D eigenvalue weighted by molar-refractivity contribution is 5.27. The molecular formula is C13H20N4O. The van der Waals surface area contributed by atoms with E-state index in [-0.39, 0.29) is 0 Å². The molecule has 2 fully saturated rings. The maximum absolute atomic E-state index is 5.40. The Hall–Kier alpha value is -1.20. The highest BCUT2D eigenvalue weighted by atomic mass is 16.5. The van der Waals surface area contributed by atoms with Crippen molar-refractivity contribution in [3.8, 4) is 0 Å². The zero-order chi connectivity index (χ0) is 12.2. The summed E-state index contributed by atoms with van der Waals surface area (Å²) in [4.78, 5) is 8.75. The van der Waals surface area contributed by atoms with Crippen LogP contribution in [0.25, 0.3) is 0 Å². The van der Waals surface area contributed by atoms with Crippen molar-refractivity contribution in [1.82, 2.24) is 15.3 Å². The van der Waals surface area contributed by atoms with Gasteiger partial charge < -0.3 is 15.4 Å². The van der Waals surface area contributed by atoms with Crippen molar-refractivity contribution in [3.05, 3.63) is 18.0 Å². The van der Waals surface area contributed by atoms with Crippen molar-refractivity contribution in [1.29, 1.82) is 0 Å². The Morgan fingerprint density at radius 2 is 2.17 bits per heavy atom. The molecule has 0 spiro atoms. The molecule has 3 rings (SSSR count). The van der Waals surface area contributed by atoms with Crippen molar-refractivity contribution in [2.45, 2.75) is 31.2 Å². The SMILES string of the molecule is c1nc(NCC2COCCN2)ncc1C1CCC1. The van der Waals surface area contributed by atoms with Crippen LogP contribution in [-0.2, 0) is 4.74 Å². The molecule has 1 aliphatic carbocycles. The molecule has 0 amide bonds. The third-order valence-corrected chi connectivity index (χ3v) is 3.75. The first-order chi connectivity index (χ1) is 8.92. The highest BCUT2D eigenvalue weighted by Crippen LogP contribution is 2.35. The summed E-state index contributed by atoms with van der Waals surface area (Å²) < 4.78 is 5.40. The van der Waals surface area contributed by atoms with E-state index in [2.05, 4.69) is 20.6 Å². The Balaban J connectivity index is 1.49. The van der Waals surface area contributed by atoms with Crippen molar-refractivity contribution >= 4 is 5.95 Å². The van der Waals surface area contributed by atoms with Crippen LogP contribution < -0.4 is 10.6 Å². The zero-order valence-corrected chi connectivity index (χ0v) is 10.6. The number of nitrogens with zero attached hydrogens (tertiary/aromatic N) is 2. The van der Waals surface area contributed by atoms with Gasteiger partial charge in [-0.05, 0) is 24.3 Å². The van der Waals surface area contributed by atoms with Crippen LogP contribution in [0.1, 0.15) is 30.7 Å². The van der Waals surface area contributed by atoms with Gasteiger partial charge in [-0.2, -0.15) is 0 Å². The summed E-state index contributed by atoms with van der Waals surface area (Å²) in [7, 11) is 0. The lowest BCUT2D eigenvalue weighted by molar-refractivity contribution is 0.0806. The molecule has 1 atom stereocenters. The molecule has 1 aliphatic heterocycles. The van der Waals surface area contributed by atoms with Crippen molar-refractivity contribution in [2.24, 2.45) is 0 Å². The molecule has 0 aromatic carbocycles. The van der Waals surface area contributed by atoms with E-state index in [1.165, 1.54) is 24.8 Å². The third kappa shape index (κ3) is 2.79. The van der Waals surface area contributed by atoms with Crippen molar-refractivity contribution < 1.29 is 4.74 Å². The maximum Gasteiger partial charge on any atom is 0.222 e. The summed E-state index contributed by atoms with van der Waals surface area (Å²) in [6, 6.07) is 0.355. The molecule has 1 aromatic rings. The van der Waals surface area contributed by atoms with Gasteiger partial charge in [0.1, 0.15) is 0 Å². The van der Waals surface area contributed by atoms with E-state index in [4.69, 9.17) is 4.74 Å². The Morgan fingerprint density at radius 3 is 2.78 bits per heavy atom. The lowest BCUT2D eigenvalue weighted by Gasteiger charge is -2.25. The molecule has 2 N–H and O–H groups in total. The monoisotopic (exact) mass is 248 g/mol. The van der Waals surface area contributed by atoms with Crippen LogP contribution in [0.3, 0.4) is 0 Å². The average Bonchev–Trinajstić information content (AvgIpc) is 2.37. The number of hydrogen-bond acceptors (Lipinski definition) is 5. The maximum atomic E-state index is 5.40. The molecule has 1 saturated heterocycles. The second kappa shape index (κ2) is 5.63. The summed E-state index contributed by atoms with van der Waals surface area (Å²) in [5.74, 6) is 1.41. The second-order valence-corrected chi connectivity index (χ2v) is 5.07. The molecule has 0 bridgehead atoms. The minimum atomic E-state index is 0.355. The van der Waals surface area contributed by atoms with Crippen molar-refractivity contribution in [3.63, 3.8) is 0 Å². The summed E-state index contributed by atoms with van der Waals surface area (Å²) in [6.07, 6.45) is 7.85. The van der Waals surface area contributed by atoms with Crippen LogP contribution in [0.15, 0.2) is 12.4 Å². The number of nitrogens with one attached hydrogen (secondary N) is 2. The van der Waals surface area contributed by atoms with E-state index in [1.54, 1.807) is 0 Å². The largest absolute Gasteiger partial charge is 0.378 e. The van der Waals surface area contributed by atoms with Gasteiger partial charge in [0.15, 0.2) is 0 Å². The number of anilines is 1. The smallest absolute Gasteiger partial charge is 0.222 e. The first-order valence-electron chi connectivity index (χ1n) is 6.79. The van der Waals surface area contributed by atoms with Gasteiger partial charge in [-0.15, -0.1) is 0 Å². The van der Waals surface area contributed by atoms with E-state index < -0.39 is 0 Å². The van der Waals surface area contributed by atoms with Gasteiger partial charge in [0.25, 0.3) is 0 Å². The zero-order valence-electron chi connectivity index (χ0n) is 10.6. The van der Waals surface area contributed by atoms with Gasteiger partial charge in [-0.3, -0.25) is 0 Å². The minimum absolute atomic E-state index is 0.355. The molecule has 1 saturated carbocycles. The first-order valence-corrected chi connectivity index (χ1v) is 6.79. The number of morpholine rings is 1. The van der Waals surface area contributed by atoms with Gasteiger partial charge in [-0.1, -0.05) is 6.42 Å². The van der Waals surface area contributed by atoms with E-state index in [9.17, 15) is 0 Å². The highest BCUT2D eigenvalue weighted by Gasteiger charge is 2.20. The lowest BCUT2D eigenvalue weighted by Crippen LogP contribution is -2.45. The Bertz CT molecular complexity index is 371. The van der Waals surface area contributed by atoms with Gasteiger partial charge in [0, 0.05) is 31.5 Å².